The van der Waals surface area contributed by atoms with Gasteiger partial charge in [0.25, 0.3) is 0 Å². The van der Waals surface area contributed by atoms with Crippen molar-refractivity contribution in [3.8, 4) is 0 Å². The van der Waals surface area contributed by atoms with Crippen molar-refractivity contribution in [2.24, 2.45) is 0 Å². The van der Waals surface area contributed by atoms with E-state index in [1.165, 1.54) is 11.1 Å². The predicted octanol–water partition coefficient (Wildman–Crippen LogP) is 3.50. The smallest absolute Gasteiger partial charge is 0.211 e. The van der Waals surface area contributed by atoms with Crippen LogP contribution in [0.5, 0.6) is 0 Å². The Kier molecular flexibility index (Phi) is 3.89. The van der Waals surface area contributed by atoms with Crippen LogP contribution in [0.2, 0.25) is 0 Å². The van der Waals surface area contributed by atoms with Crippen LogP contribution in [0.25, 0.3) is 0 Å². The predicted molar refractivity (Wildman–Crippen MR) is 64.3 cm³/mol. The summed E-state index contributed by atoms with van der Waals surface area (Å²) in [4.78, 5) is 10.5. The first-order chi connectivity index (χ1) is 7.06. The summed E-state index contributed by atoms with van der Waals surface area (Å²) < 4.78 is 0. The first-order valence-corrected chi connectivity index (χ1v) is 5.40. The Morgan fingerprint density at radius 1 is 1.13 bits per heavy atom. The van der Waals surface area contributed by atoms with Gasteiger partial charge in [-0.25, -0.2) is 0 Å². The molecule has 0 saturated heterocycles. The van der Waals surface area contributed by atoms with Gasteiger partial charge >= 0.3 is 0 Å². The molecule has 2 nitrogen and oxygen atoms in total. The number of hydrogen-bond donors (Lipinski definition) is 1. The molecule has 0 aliphatic carbocycles. The van der Waals surface area contributed by atoms with E-state index in [9.17, 15) is 4.79 Å². The molecule has 82 valence electrons. The third-order valence-electron chi connectivity index (χ3n) is 2.58. The standard InChI is InChI=1S/C13H19NO/c1-9(2)11-5-6-13(14-8-15)12(7-11)10(3)4/h5-10H,1-4H3,(H,14,15). The molecule has 1 aromatic rings. The molecule has 0 spiro atoms. The van der Waals surface area contributed by atoms with Crippen LogP contribution in [0.4, 0.5) is 5.69 Å². The maximum absolute atomic E-state index is 10.5. The van der Waals surface area contributed by atoms with Crippen LogP contribution in [0.1, 0.15) is 50.7 Å². The van der Waals surface area contributed by atoms with Crippen molar-refractivity contribution < 1.29 is 4.79 Å². The molecule has 1 N–H and O–H groups in total. The van der Waals surface area contributed by atoms with E-state index in [0.717, 1.165) is 12.1 Å². The Hall–Kier alpha value is -1.31. The van der Waals surface area contributed by atoms with E-state index in [1.807, 2.05) is 6.07 Å². The Bertz CT molecular complexity index is 342. The van der Waals surface area contributed by atoms with Gasteiger partial charge in [0.2, 0.25) is 6.41 Å². The minimum absolute atomic E-state index is 0.422. The van der Waals surface area contributed by atoms with Crippen LogP contribution in [0.15, 0.2) is 18.2 Å². The van der Waals surface area contributed by atoms with E-state index in [2.05, 4.69) is 45.1 Å². The van der Waals surface area contributed by atoms with Crippen molar-refractivity contribution in [3.63, 3.8) is 0 Å². The number of anilines is 1. The van der Waals surface area contributed by atoms with E-state index in [-0.39, 0.29) is 0 Å². The lowest BCUT2D eigenvalue weighted by Gasteiger charge is -2.15. The normalized spacial score (nSPS) is 10.8. The third kappa shape index (κ3) is 2.82. The molecule has 0 heterocycles. The van der Waals surface area contributed by atoms with Gasteiger partial charge in [0.1, 0.15) is 0 Å². The number of hydrogen-bond acceptors (Lipinski definition) is 1. The molecule has 0 unspecified atom stereocenters. The maximum atomic E-state index is 10.5. The van der Waals surface area contributed by atoms with Crippen molar-refractivity contribution in [2.45, 2.75) is 39.5 Å². The number of rotatable bonds is 4. The highest BCUT2D eigenvalue weighted by Gasteiger charge is 2.08. The van der Waals surface area contributed by atoms with Gasteiger partial charge in [-0.15, -0.1) is 0 Å². The summed E-state index contributed by atoms with van der Waals surface area (Å²) in [5.74, 6) is 0.943. The molecule has 0 bridgehead atoms. The lowest BCUT2D eigenvalue weighted by molar-refractivity contribution is -0.105. The highest BCUT2D eigenvalue weighted by Crippen LogP contribution is 2.27. The molecular weight excluding hydrogens is 186 g/mol. The topological polar surface area (TPSA) is 29.1 Å². The second-order valence-electron chi connectivity index (χ2n) is 4.42. The minimum Gasteiger partial charge on any atom is -0.328 e. The van der Waals surface area contributed by atoms with E-state index in [4.69, 9.17) is 0 Å². The first kappa shape index (κ1) is 11.8. The number of carbonyl (C=O) groups excluding carboxylic acids is 1. The van der Waals surface area contributed by atoms with Gasteiger partial charge in [-0.1, -0.05) is 39.8 Å². The van der Waals surface area contributed by atoms with Crippen LogP contribution >= 0.6 is 0 Å². The van der Waals surface area contributed by atoms with Gasteiger partial charge < -0.3 is 5.32 Å². The molecule has 2 heteroatoms. The average Bonchev–Trinajstić information content (AvgIpc) is 2.18. The fraction of sp³-hybridized carbons (Fsp3) is 0.462. The molecule has 0 radical (unpaired) electrons. The monoisotopic (exact) mass is 205 g/mol. The zero-order valence-electron chi connectivity index (χ0n) is 9.87. The Balaban J connectivity index is 3.14. The molecule has 1 rings (SSSR count). The molecule has 0 aromatic heterocycles. The Labute approximate surface area is 91.7 Å². The summed E-state index contributed by atoms with van der Waals surface area (Å²) in [6.45, 7) is 8.61. The van der Waals surface area contributed by atoms with Crippen molar-refractivity contribution >= 4 is 12.1 Å². The van der Waals surface area contributed by atoms with E-state index >= 15 is 0 Å². The summed E-state index contributed by atoms with van der Waals surface area (Å²) >= 11 is 0. The third-order valence-corrected chi connectivity index (χ3v) is 2.58. The quantitative estimate of drug-likeness (QED) is 0.749. The second-order valence-corrected chi connectivity index (χ2v) is 4.42. The summed E-state index contributed by atoms with van der Waals surface area (Å²) in [5.41, 5.74) is 3.44. The van der Waals surface area contributed by atoms with E-state index in [1.54, 1.807) is 0 Å². The molecule has 0 fully saturated rings. The molecule has 0 aliphatic rings. The van der Waals surface area contributed by atoms with Crippen molar-refractivity contribution in [2.75, 3.05) is 5.32 Å². The fourth-order valence-electron chi connectivity index (χ4n) is 1.61. The molecule has 15 heavy (non-hydrogen) atoms. The number of amides is 1. The van der Waals surface area contributed by atoms with Crippen molar-refractivity contribution in [3.05, 3.63) is 29.3 Å². The fourth-order valence-corrected chi connectivity index (χ4v) is 1.61. The summed E-state index contributed by atoms with van der Waals surface area (Å²) in [6, 6.07) is 6.24. The number of carbonyl (C=O) groups is 1. The van der Waals surface area contributed by atoms with Crippen LogP contribution in [-0.4, -0.2) is 6.41 Å². The average molecular weight is 205 g/mol. The highest BCUT2D eigenvalue weighted by molar-refractivity contribution is 5.74. The molecule has 0 saturated carbocycles. The van der Waals surface area contributed by atoms with Crippen LogP contribution in [0.3, 0.4) is 0 Å². The van der Waals surface area contributed by atoms with Gasteiger partial charge in [-0.05, 0) is 29.0 Å². The van der Waals surface area contributed by atoms with Crippen LogP contribution in [-0.2, 0) is 4.79 Å². The first-order valence-electron chi connectivity index (χ1n) is 5.40. The SMILES string of the molecule is CC(C)c1ccc(NC=O)c(C(C)C)c1. The summed E-state index contributed by atoms with van der Waals surface area (Å²) in [5, 5.41) is 2.74. The van der Waals surface area contributed by atoms with Gasteiger partial charge in [0, 0.05) is 5.69 Å². The number of nitrogens with one attached hydrogen (secondary N) is 1. The zero-order valence-corrected chi connectivity index (χ0v) is 9.87. The Morgan fingerprint density at radius 2 is 1.80 bits per heavy atom. The van der Waals surface area contributed by atoms with E-state index in [0.29, 0.717) is 11.8 Å². The largest absolute Gasteiger partial charge is 0.328 e. The summed E-state index contributed by atoms with van der Waals surface area (Å²) in [7, 11) is 0. The van der Waals surface area contributed by atoms with Crippen LogP contribution < -0.4 is 5.32 Å². The van der Waals surface area contributed by atoms with Gasteiger partial charge in [0.05, 0.1) is 0 Å². The zero-order chi connectivity index (χ0) is 11.4. The lowest BCUT2D eigenvalue weighted by Crippen LogP contribution is -2.02. The van der Waals surface area contributed by atoms with Crippen molar-refractivity contribution in [1.29, 1.82) is 0 Å². The van der Waals surface area contributed by atoms with E-state index < -0.39 is 0 Å². The van der Waals surface area contributed by atoms with Gasteiger partial charge in [0.15, 0.2) is 0 Å². The Morgan fingerprint density at radius 3 is 2.27 bits per heavy atom. The van der Waals surface area contributed by atoms with Gasteiger partial charge in [-0.3, -0.25) is 4.79 Å². The molecule has 0 atom stereocenters. The molecule has 1 amide bonds. The molecular formula is C13H19NO. The lowest BCUT2D eigenvalue weighted by atomic mass is 9.94. The molecule has 0 aliphatic heterocycles. The minimum atomic E-state index is 0.422. The second kappa shape index (κ2) is 4.96. The van der Waals surface area contributed by atoms with Gasteiger partial charge in [-0.2, -0.15) is 0 Å². The van der Waals surface area contributed by atoms with Crippen LogP contribution in [0, 0.1) is 0 Å². The maximum Gasteiger partial charge on any atom is 0.211 e. The highest BCUT2D eigenvalue weighted by atomic mass is 16.1. The number of benzene rings is 1. The summed E-state index contributed by atoms with van der Waals surface area (Å²) in [6.07, 6.45) is 0.732. The molecule has 1 aromatic carbocycles. The van der Waals surface area contributed by atoms with Crippen molar-refractivity contribution in [1.82, 2.24) is 0 Å².